The van der Waals surface area contributed by atoms with E-state index in [9.17, 15) is 72.4 Å². The first-order chi connectivity index (χ1) is 63.4. The van der Waals surface area contributed by atoms with E-state index < -0.39 is 125 Å². The van der Waals surface area contributed by atoms with Crippen molar-refractivity contribution < 1.29 is 230 Å². The van der Waals surface area contributed by atoms with E-state index in [0.29, 0.717) is 64.7 Å². The Hall–Kier alpha value is -9.46. The molecule has 5 heterocycles. The van der Waals surface area contributed by atoms with Gasteiger partial charge in [0, 0.05) is 92.0 Å². The number of hydrogen-bond acceptors (Lipinski definition) is 30. The summed E-state index contributed by atoms with van der Waals surface area (Å²) >= 11 is 5.60. The molecule has 5 fully saturated rings. The minimum Gasteiger partial charge on any atom is -1.00 e. The monoisotopic (exact) mass is 2020 g/mol. The van der Waals surface area contributed by atoms with Gasteiger partial charge in [-0.15, -0.1) is 4.42 Å². The molecule has 0 unspecified atom stereocenters. The van der Waals surface area contributed by atoms with Gasteiger partial charge in [-0.25, -0.2) is 30.5 Å². The molecular formula is C92H144ClK2N17O26. The first kappa shape index (κ1) is 137. The third-order valence-corrected chi connectivity index (χ3v) is 19.1. The number of carbonyl (C=O) groups is 15. The Morgan fingerprint density at radius 2 is 0.768 bits per heavy atom. The Balaban J connectivity index is -0.000000381. The van der Waals surface area contributed by atoms with Gasteiger partial charge in [0.05, 0.1) is 30.3 Å². The second kappa shape index (κ2) is 75.4. The molecule has 5 aliphatic heterocycles. The molecule has 11 N–H and O–H groups in total. The largest absolute Gasteiger partial charge is 1.00 e. The smallest absolute Gasteiger partial charge is 1.00 e. The Morgan fingerprint density at radius 1 is 0.500 bits per heavy atom. The number of halogens is 1. The molecule has 762 valence electrons. The van der Waals surface area contributed by atoms with Gasteiger partial charge >= 0.3 is 151 Å². The summed E-state index contributed by atoms with van der Waals surface area (Å²) in [6.45, 7) is 35.8. The fourth-order valence-corrected chi connectivity index (χ4v) is 12.8. The van der Waals surface area contributed by atoms with Crippen LogP contribution in [0.25, 0.3) is 4.85 Å². The van der Waals surface area contributed by atoms with Crippen molar-refractivity contribution in [2.45, 2.75) is 336 Å². The summed E-state index contributed by atoms with van der Waals surface area (Å²) in [6, 6.07) is 20.1. The maximum Gasteiger partial charge on any atom is 1.00 e. The molecule has 0 spiro atoms. The van der Waals surface area contributed by atoms with Crippen LogP contribution in [0.4, 0.5) is 19.2 Å². The van der Waals surface area contributed by atoms with Crippen LogP contribution in [0.15, 0.2) is 60.7 Å². The Labute approximate surface area is 902 Å². The summed E-state index contributed by atoms with van der Waals surface area (Å²) in [5.41, 5.74) is 4.55. The van der Waals surface area contributed by atoms with E-state index in [4.69, 9.17) is 93.7 Å². The number of benzene rings is 2. The predicted octanol–water partition coefficient (Wildman–Crippen LogP) is 2.64. The van der Waals surface area contributed by atoms with Crippen LogP contribution in [-0.2, 0) is 99.3 Å². The molecule has 5 aliphatic rings. The number of aliphatic hydroxyl groups is 1. The standard InChI is InChI=1S/C22H29N3O5.C17H23NO6.C16H26N4O4.C15H23N3O5.C11H18N4O2.C5H7ClN2.C2H6O.C2H6.CH2O3.CH4.2K.H/c1-22(2,3)30-21(28)24-18(20(27)25-13-7-10-17(25)14-23)11-12-19(26)29-15-16-8-5-4-6-9-16;1-17(2,3)24-16(22)18-13(15(20)21)9-10-14(19)23-11-12-7-5-4-6-8-12;1-16(2,3)24-15(23)19-12(7-8-13(21)18-4)14(22)20-9-5-6-11(20)10-17;1-15(2,3)23-14(22)17-11(6-7-12(19)20)13(21)18-8-4-5-10(18)9-16;1-14-10(16)5-4-9(13)11(17)15-6-2-3-8(15)7-12;1-7-5-3-2-4-8(5)6;1-2-3;1-2;2-1-4-3;;;;/h4-6,8-9,17-18H,7,10-13,15H2,1-3H3,(H,24,28);4-8,13H,9-11H2,1-3H3,(H,18,22)(H,20,21);11-12H,5-9H2,1-4H3,(H,18,21)(H,19,23);10-11H,4-8H2,1-3H3,(H,17,22)(H,19,20);8-9H,2-6,13H2,1H3,(H,14,16);5H,2-4H2;3H,2H2,1H3;1-2H3;1,3H;1H4;;;/q;;;;;;;;;;2*+1;-1/p-1/t17-,18-;13-;11-,12-;10-,11-;8-,9-;5-;;;;;;;/m000000......./s1. The Kier molecular flexibility index (Phi) is 74.9. The van der Waals surface area contributed by atoms with Gasteiger partial charge in [0.2, 0.25) is 35.4 Å². The number of rotatable bonds is 29. The Morgan fingerprint density at radius 3 is 1.01 bits per heavy atom. The molecule has 2 aromatic carbocycles. The van der Waals surface area contributed by atoms with Gasteiger partial charge < -0.3 is 113 Å². The zero-order valence-corrected chi connectivity index (χ0v) is 89.6. The van der Waals surface area contributed by atoms with Crippen LogP contribution in [0.3, 0.4) is 0 Å². The Bertz CT molecular complexity index is 4250. The van der Waals surface area contributed by atoms with Crippen LogP contribution in [0.5, 0.6) is 0 Å². The molecule has 10 atom stereocenters. The van der Waals surface area contributed by atoms with Crippen LogP contribution in [0.1, 0.15) is 252 Å². The number of carbonyl (C=O) groups excluding carboxylic acids is 13. The van der Waals surface area contributed by atoms with E-state index in [0.717, 1.165) is 49.8 Å². The molecule has 2 aromatic rings. The average Bonchev–Trinajstić information content (AvgIpc) is 1.75. The van der Waals surface area contributed by atoms with Gasteiger partial charge in [0.25, 0.3) is 12.6 Å². The predicted molar refractivity (Wildman–Crippen MR) is 495 cm³/mol. The molecule has 138 heavy (non-hydrogen) atoms. The maximum absolute atomic E-state index is 13.0. The van der Waals surface area contributed by atoms with E-state index in [1.807, 2.05) is 74.5 Å². The van der Waals surface area contributed by atoms with Crippen molar-refractivity contribution in [3.63, 3.8) is 0 Å². The van der Waals surface area contributed by atoms with Crippen LogP contribution in [-0.4, -0.2) is 266 Å². The van der Waals surface area contributed by atoms with E-state index in [2.05, 4.69) is 65.9 Å². The number of hydrogen-bond donors (Lipinski definition) is 10. The molecule has 0 aromatic heterocycles. The molecule has 0 saturated carbocycles. The summed E-state index contributed by atoms with van der Waals surface area (Å²) in [6.07, 6.45) is 4.67. The number of nitrogens with zero attached hydrogens (tertiary/aromatic N) is 10. The number of aliphatic carboxylic acids is 2. The molecule has 46 heteroatoms. The third-order valence-electron chi connectivity index (χ3n) is 18.7. The zero-order valence-electron chi connectivity index (χ0n) is 83.6. The van der Waals surface area contributed by atoms with Gasteiger partial charge in [-0.3, -0.25) is 52.8 Å². The van der Waals surface area contributed by atoms with E-state index in [-0.39, 0.29) is 237 Å². The number of aliphatic hydroxyl groups excluding tert-OH is 1. The SMILES string of the molecule is C.CC.CC(C)(C)OC(=O)N[C@@H](CCC(=O)O)C(=O)N1CCC[C@H]1C#N.CC(C)(C)OC(=O)N[C@@H](CCC(=O)OCc1ccccc1)C(=O)N1CCC[C@H]1C#N.CC(C)(C)OC(=O)N[C@@H](CCC(=O)OCc1ccccc1)C(=O)O.CCO.CNC(=O)CC[C@H](N)C(=O)N1CCC[C@H]1C#N.CNC(=O)CC[C@H](NC(=O)OC(C)(C)C)C(=O)N1CCC[C@H]1C#N.O=CO[O-].[C-]#[N+][C@@H]1CCCN1Cl.[H-].[K+].[K+]. The fraction of sp³-hybridized carbons (Fsp3) is 0.652. The minimum absolute atomic E-state index is 0. The topological polar surface area (TPSA) is 618 Å². The average molecular weight is 2020 g/mol. The zero-order chi connectivity index (χ0) is 103. The number of nitriles is 4. The van der Waals surface area contributed by atoms with Crippen LogP contribution >= 0.6 is 11.8 Å². The summed E-state index contributed by atoms with van der Waals surface area (Å²) in [7, 11) is 3.05. The molecule has 0 bridgehead atoms. The molecule has 7 rings (SSSR count). The van der Waals surface area contributed by atoms with Gasteiger partial charge in [-0.05, 0) is 203 Å². The molecule has 5 saturated heterocycles. The van der Waals surface area contributed by atoms with Gasteiger partial charge in [0.15, 0.2) is 0 Å². The number of alkyl carbamates (subject to hydrolysis) is 4. The number of ether oxygens (including phenoxy) is 6. The third kappa shape index (κ3) is 62.6. The normalized spacial score (nSPS) is 16.8. The molecular weight excluding hydrogens is 1870 g/mol. The summed E-state index contributed by atoms with van der Waals surface area (Å²) < 4.78 is 32.4. The van der Waals surface area contributed by atoms with Gasteiger partial charge in [-0.2, -0.15) is 21.0 Å². The van der Waals surface area contributed by atoms with E-state index in [1.165, 1.54) is 26.6 Å². The number of carboxylic acid groups (broad SMARTS) is 2. The number of esters is 2. The molecule has 10 amide bonds. The molecule has 43 nitrogen and oxygen atoms in total. The summed E-state index contributed by atoms with van der Waals surface area (Å²) in [4.78, 5) is 186. The van der Waals surface area contributed by atoms with Crippen molar-refractivity contribution in [3.8, 4) is 24.3 Å². The van der Waals surface area contributed by atoms with Gasteiger partial charge in [-0.1, -0.05) is 81.9 Å². The first-order valence-electron chi connectivity index (χ1n) is 44.4. The quantitative estimate of drug-likeness (QED) is 0.00818. The minimum atomic E-state index is -1.24. The number of carboxylic acids is 2. The molecule has 0 aliphatic carbocycles. The van der Waals surface area contributed by atoms with Crippen LogP contribution < -0.4 is 146 Å². The maximum atomic E-state index is 13.0. The fourth-order valence-electron chi connectivity index (χ4n) is 12.5. The van der Waals surface area contributed by atoms with Crippen molar-refractivity contribution in [1.82, 2.24) is 55.9 Å². The summed E-state index contributed by atoms with van der Waals surface area (Å²) in [5, 5.41) is 85.0. The van der Waals surface area contributed by atoms with Crippen molar-refractivity contribution in [3.05, 3.63) is 83.2 Å². The number of nitrogens with two attached hydrogens (primary N) is 1. The number of nitrogens with one attached hydrogen (secondary N) is 6. The van der Waals surface area contributed by atoms with E-state index in [1.54, 1.807) is 101 Å². The van der Waals surface area contributed by atoms with Crippen LogP contribution in [0.2, 0.25) is 0 Å². The summed E-state index contributed by atoms with van der Waals surface area (Å²) in [5.74, 6) is -5.07. The second-order valence-corrected chi connectivity index (χ2v) is 34.6. The second-order valence-electron chi connectivity index (χ2n) is 34.1. The van der Waals surface area contributed by atoms with E-state index >= 15 is 0 Å². The van der Waals surface area contributed by atoms with Crippen molar-refractivity contribution in [2.75, 3.05) is 53.4 Å². The van der Waals surface area contributed by atoms with Crippen molar-refractivity contribution >= 4 is 102 Å². The number of amides is 10. The van der Waals surface area contributed by atoms with Gasteiger partial charge in [0.1, 0.15) is 84.0 Å². The van der Waals surface area contributed by atoms with Crippen LogP contribution in [0, 0.1) is 51.9 Å². The van der Waals surface area contributed by atoms with Crippen molar-refractivity contribution in [1.29, 1.82) is 21.0 Å². The van der Waals surface area contributed by atoms with Crippen molar-refractivity contribution in [2.24, 2.45) is 5.73 Å². The number of likely N-dealkylation sites (tertiary alicyclic amines) is 4. The first-order valence-corrected chi connectivity index (χ1v) is 44.7. The molecule has 0 radical (unpaired) electrons.